The number of nitrogens with two attached hydrogens (primary N) is 1. The van der Waals surface area contributed by atoms with Crippen molar-refractivity contribution in [2.24, 2.45) is 5.73 Å². The first-order valence-corrected chi connectivity index (χ1v) is 4.07. The fourth-order valence-corrected chi connectivity index (χ4v) is 0.814. The zero-order valence-corrected chi connectivity index (χ0v) is 8.12. The van der Waals surface area contributed by atoms with Crippen LogP contribution in [-0.2, 0) is 19.1 Å². The molecule has 1 unspecified atom stereocenters. The second kappa shape index (κ2) is 4.81. The minimum Gasteiger partial charge on any atom is -0.467 e. The van der Waals surface area contributed by atoms with Gasteiger partial charge in [-0.05, 0) is 13.3 Å². The van der Waals surface area contributed by atoms with Crippen LogP contribution in [-0.4, -0.2) is 31.2 Å². The summed E-state index contributed by atoms with van der Waals surface area (Å²) in [5.74, 6) is -1.52. The lowest BCUT2D eigenvalue weighted by atomic mass is 9.98. The summed E-state index contributed by atoms with van der Waals surface area (Å²) in [5, 5.41) is 0. The van der Waals surface area contributed by atoms with Gasteiger partial charge in [-0.1, -0.05) is 6.92 Å². The smallest absolute Gasteiger partial charge is 0.337 e. The van der Waals surface area contributed by atoms with E-state index in [-0.39, 0.29) is 13.0 Å². The number of carbonyl (C=O) groups excluding carboxylic acids is 2. The van der Waals surface area contributed by atoms with E-state index in [1.807, 2.05) is 0 Å². The van der Waals surface area contributed by atoms with Gasteiger partial charge in [-0.2, -0.15) is 0 Å². The second-order valence-corrected chi connectivity index (χ2v) is 2.54. The molecule has 0 aromatic heterocycles. The maximum Gasteiger partial charge on any atom is 0.337 e. The van der Waals surface area contributed by atoms with Crippen LogP contribution in [0.4, 0.5) is 0 Å². The Kier molecular flexibility index (Phi) is 4.40. The molecule has 0 radical (unpaired) electrons. The Morgan fingerprint density at radius 1 is 1.31 bits per heavy atom. The molecule has 2 N–H and O–H groups in total. The molecular weight excluding hydrogens is 174 g/mol. The Balaban J connectivity index is 4.61. The average molecular weight is 189 g/mol. The monoisotopic (exact) mass is 189 g/mol. The highest BCUT2D eigenvalue weighted by Crippen LogP contribution is 2.10. The zero-order valence-electron chi connectivity index (χ0n) is 8.12. The van der Waals surface area contributed by atoms with Crippen molar-refractivity contribution in [3.8, 4) is 0 Å². The van der Waals surface area contributed by atoms with Crippen molar-refractivity contribution in [3.63, 3.8) is 0 Å². The first kappa shape index (κ1) is 11.9. The third-order valence-corrected chi connectivity index (χ3v) is 1.75. The molecule has 0 spiro atoms. The van der Waals surface area contributed by atoms with E-state index < -0.39 is 17.5 Å². The lowest BCUT2D eigenvalue weighted by Gasteiger charge is -2.21. The van der Waals surface area contributed by atoms with Crippen molar-refractivity contribution >= 4 is 11.9 Å². The van der Waals surface area contributed by atoms with Gasteiger partial charge in [-0.3, -0.25) is 0 Å². The number of hydrogen-bond acceptors (Lipinski definition) is 5. The van der Waals surface area contributed by atoms with Crippen LogP contribution in [0.1, 0.15) is 20.3 Å². The summed E-state index contributed by atoms with van der Waals surface area (Å²) >= 11 is 0. The lowest BCUT2D eigenvalue weighted by molar-refractivity contribution is -0.162. The highest BCUT2D eigenvalue weighted by molar-refractivity contribution is 6.04. The van der Waals surface area contributed by atoms with Crippen molar-refractivity contribution in [3.05, 3.63) is 0 Å². The molecule has 0 heterocycles. The van der Waals surface area contributed by atoms with Gasteiger partial charge >= 0.3 is 11.9 Å². The maximum atomic E-state index is 11.2. The normalized spacial score (nSPS) is 14.5. The number of hydrogen-bond donors (Lipinski definition) is 1. The standard InChI is InChI=1S/C8H15NO4/c1-4-8(9,6(10)12-3)7(11)13-5-2/h4-5,9H2,1-3H3. The maximum absolute atomic E-state index is 11.2. The van der Waals surface area contributed by atoms with E-state index in [1.165, 1.54) is 7.11 Å². The van der Waals surface area contributed by atoms with Crippen LogP contribution in [0.15, 0.2) is 0 Å². The summed E-state index contributed by atoms with van der Waals surface area (Å²) in [7, 11) is 1.18. The van der Waals surface area contributed by atoms with Crippen LogP contribution in [0.25, 0.3) is 0 Å². The van der Waals surface area contributed by atoms with E-state index in [0.29, 0.717) is 0 Å². The molecule has 1 atom stereocenters. The fourth-order valence-electron chi connectivity index (χ4n) is 0.814. The van der Waals surface area contributed by atoms with E-state index in [2.05, 4.69) is 9.47 Å². The van der Waals surface area contributed by atoms with E-state index in [0.717, 1.165) is 0 Å². The first-order valence-electron chi connectivity index (χ1n) is 4.07. The SMILES string of the molecule is CCOC(=O)C(N)(CC)C(=O)OC. The van der Waals surface area contributed by atoms with Crippen molar-refractivity contribution in [1.82, 2.24) is 0 Å². The molecule has 0 saturated heterocycles. The van der Waals surface area contributed by atoms with Crippen molar-refractivity contribution in [1.29, 1.82) is 0 Å². The topological polar surface area (TPSA) is 78.6 Å². The number of ether oxygens (including phenoxy) is 2. The quantitative estimate of drug-likeness (QED) is 0.490. The first-order chi connectivity index (χ1) is 6.02. The predicted molar refractivity (Wildman–Crippen MR) is 45.9 cm³/mol. The Hall–Kier alpha value is -1.10. The Morgan fingerprint density at radius 2 is 1.85 bits per heavy atom. The van der Waals surface area contributed by atoms with Gasteiger partial charge in [-0.15, -0.1) is 0 Å². The van der Waals surface area contributed by atoms with Crippen LogP contribution in [0.2, 0.25) is 0 Å². The van der Waals surface area contributed by atoms with E-state index in [4.69, 9.17) is 5.73 Å². The zero-order chi connectivity index (χ0) is 10.5. The molecule has 0 bridgehead atoms. The molecule has 0 aliphatic heterocycles. The van der Waals surface area contributed by atoms with Gasteiger partial charge in [0.25, 0.3) is 0 Å². The molecule has 0 aromatic carbocycles. The summed E-state index contributed by atoms with van der Waals surface area (Å²) < 4.78 is 9.07. The largest absolute Gasteiger partial charge is 0.467 e. The Morgan fingerprint density at radius 3 is 2.15 bits per heavy atom. The molecular formula is C8H15NO4. The van der Waals surface area contributed by atoms with Crippen LogP contribution < -0.4 is 5.73 Å². The van der Waals surface area contributed by atoms with Crippen molar-refractivity contribution < 1.29 is 19.1 Å². The van der Waals surface area contributed by atoms with E-state index >= 15 is 0 Å². The highest BCUT2D eigenvalue weighted by Gasteiger charge is 2.43. The molecule has 76 valence electrons. The highest BCUT2D eigenvalue weighted by atomic mass is 16.6. The molecule has 5 nitrogen and oxygen atoms in total. The minimum atomic E-state index is -1.66. The third-order valence-electron chi connectivity index (χ3n) is 1.75. The molecule has 0 fully saturated rings. The summed E-state index contributed by atoms with van der Waals surface area (Å²) in [6, 6.07) is 0. The number of methoxy groups -OCH3 is 1. The van der Waals surface area contributed by atoms with Crippen molar-refractivity contribution in [2.45, 2.75) is 25.8 Å². The Labute approximate surface area is 77.2 Å². The average Bonchev–Trinajstić information content (AvgIpc) is 2.15. The molecule has 5 heteroatoms. The van der Waals surface area contributed by atoms with Gasteiger partial charge in [0.15, 0.2) is 0 Å². The minimum absolute atomic E-state index is 0.151. The summed E-state index contributed by atoms with van der Waals surface area (Å²) in [6.07, 6.45) is 0.151. The van der Waals surface area contributed by atoms with Gasteiger partial charge < -0.3 is 15.2 Å². The lowest BCUT2D eigenvalue weighted by Crippen LogP contribution is -2.55. The second-order valence-electron chi connectivity index (χ2n) is 2.54. The molecule has 0 aliphatic carbocycles. The predicted octanol–water partition coefficient (Wildman–Crippen LogP) is -0.170. The fraction of sp³-hybridized carbons (Fsp3) is 0.750. The Bertz CT molecular complexity index is 204. The van der Waals surface area contributed by atoms with Crippen LogP contribution in [0, 0.1) is 0 Å². The van der Waals surface area contributed by atoms with Gasteiger partial charge in [0.2, 0.25) is 5.54 Å². The van der Waals surface area contributed by atoms with E-state index in [1.54, 1.807) is 13.8 Å². The molecule has 0 saturated carbocycles. The number of esters is 2. The third kappa shape index (κ3) is 2.42. The molecule has 0 aromatic rings. The number of rotatable bonds is 4. The van der Waals surface area contributed by atoms with Gasteiger partial charge in [0.05, 0.1) is 13.7 Å². The van der Waals surface area contributed by atoms with Gasteiger partial charge in [-0.25, -0.2) is 9.59 Å². The molecule has 0 amide bonds. The number of carbonyl (C=O) groups is 2. The molecule has 0 aliphatic rings. The molecule has 13 heavy (non-hydrogen) atoms. The van der Waals surface area contributed by atoms with Gasteiger partial charge in [0, 0.05) is 0 Å². The van der Waals surface area contributed by atoms with Gasteiger partial charge in [0.1, 0.15) is 0 Å². The summed E-state index contributed by atoms with van der Waals surface area (Å²) in [4.78, 5) is 22.4. The van der Waals surface area contributed by atoms with Crippen LogP contribution in [0.3, 0.4) is 0 Å². The van der Waals surface area contributed by atoms with Crippen LogP contribution >= 0.6 is 0 Å². The summed E-state index contributed by atoms with van der Waals surface area (Å²) in [5.41, 5.74) is 3.87. The van der Waals surface area contributed by atoms with Crippen LogP contribution in [0.5, 0.6) is 0 Å². The van der Waals surface area contributed by atoms with Crippen molar-refractivity contribution in [2.75, 3.05) is 13.7 Å². The van der Waals surface area contributed by atoms with E-state index in [9.17, 15) is 9.59 Å². The molecule has 0 rings (SSSR count). The summed E-state index contributed by atoms with van der Waals surface area (Å²) in [6.45, 7) is 3.45.